The van der Waals surface area contributed by atoms with Gasteiger partial charge in [0.2, 0.25) is 0 Å². The van der Waals surface area contributed by atoms with Crippen LogP contribution in [-0.4, -0.2) is 31.4 Å². The van der Waals surface area contributed by atoms with Crippen LogP contribution in [0.2, 0.25) is 0 Å². The number of ether oxygens (including phenoxy) is 1. The van der Waals surface area contributed by atoms with Crippen LogP contribution in [0.15, 0.2) is 36.4 Å². The highest BCUT2D eigenvalue weighted by Crippen LogP contribution is 2.37. The van der Waals surface area contributed by atoms with Gasteiger partial charge >= 0.3 is 13.1 Å². The Hall–Kier alpha value is -1.85. The van der Waals surface area contributed by atoms with Crippen molar-refractivity contribution in [3.05, 3.63) is 42.0 Å². The van der Waals surface area contributed by atoms with Gasteiger partial charge in [0.05, 0.1) is 18.3 Å². The Morgan fingerprint density at radius 1 is 1.00 bits per heavy atom. The number of carbonyl (C=O) groups excluding carboxylic acids is 1. The van der Waals surface area contributed by atoms with Gasteiger partial charge in [-0.05, 0) is 55.9 Å². The fraction of sp³-hybridized carbons (Fsp3) is 0.450. The number of benzene rings is 2. The molecule has 1 heterocycles. The maximum atomic E-state index is 11.5. The SMILES string of the molecule is COC(=O)CCc1ccc(B2OC(C)(C)C(C)(C)O2)c2ccccc12. The molecule has 0 N–H and O–H groups in total. The molecule has 0 unspecified atom stereocenters. The van der Waals surface area contributed by atoms with Gasteiger partial charge in [0.1, 0.15) is 0 Å². The van der Waals surface area contributed by atoms with E-state index in [9.17, 15) is 4.79 Å². The summed E-state index contributed by atoms with van der Waals surface area (Å²) in [5.74, 6) is -0.195. The van der Waals surface area contributed by atoms with Crippen molar-refractivity contribution >= 4 is 29.3 Å². The van der Waals surface area contributed by atoms with E-state index >= 15 is 0 Å². The van der Waals surface area contributed by atoms with Crippen molar-refractivity contribution in [3.63, 3.8) is 0 Å². The maximum absolute atomic E-state index is 11.5. The average molecular weight is 340 g/mol. The summed E-state index contributed by atoms with van der Waals surface area (Å²) in [6.07, 6.45) is 1.02. The van der Waals surface area contributed by atoms with Crippen molar-refractivity contribution in [2.45, 2.75) is 51.7 Å². The highest BCUT2D eigenvalue weighted by Gasteiger charge is 2.52. The van der Waals surface area contributed by atoms with Crippen molar-refractivity contribution in [3.8, 4) is 0 Å². The van der Waals surface area contributed by atoms with Gasteiger partial charge < -0.3 is 14.0 Å². The van der Waals surface area contributed by atoms with E-state index < -0.39 is 7.12 Å². The van der Waals surface area contributed by atoms with E-state index in [2.05, 4.69) is 52.0 Å². The van der Waals surface area contributed by atoms with E-state index in [1.807, 2.05) is 12.1 Å². The molecule has 1 fully saturated rings. The fourth-order valence-corrected chi connectivity index (χ4v) is 3.12. The second-order valence-electron chi connectivity index (χ2n) is 7.52. The number of hydrogen-bond acceptors (Lipinski definition) is 4. The molecule has 0 spiro atoms. The van der Waals surface area contributed by atoms with Gasteiger partial charge in [-0.2, -0.15) is 0 Å². The van der Waals surface area contributed by atoms with Gasteiger partial charge in [-0.1, -0.05) is 36.4 Å². The van der Waals surface area contributed by atoms with Crippen molar-refractivity contribution in [1.29, 1.82) is 0 Å². The van der Waals surface area contributed by atoms with Crippen molar-refractivity contribution in [2.24, 2.45) is 0 Å². The quantitative estimate of drug-likeness (QED) is 0.633. The van der Waals surface area contributed by atoms with Gasteiger partial charge in [0.25, 0.3) is 0 Å². The number of methoxy groups -OCH3 is 1. The molecule has 2 aromatic carbocycles. The van der Waals surface area contributed by atoms with E-state index in [-0.39, 0.29) is 17.2 Å². The summed E-state index contributed by atoms with van der Waals surface area (Å²) in [5, 5.41) is 2.22. The first-order valence-electron chi connectivity index (χ1n) is 8.68. The minimum Gasteiger partial charge on any atom is -0.469 e. The maximum Gasteiger partial charge on any atom is 0.495 e. The van der Waals surface area contributed by atoms with Crippen LogP contribution in [0.3, 0.4) is 0 Å². The summed E-state index contributed by atoms with van der Waals surface area (Å²) in [5.41, 5.74) is 1.40. The lowest BCUT2D eigenvalue weighted by Gasteiger charge is -2.32. The summed E-state index contributed by atoms with van der Waals surface area (Å²) >= 11 is 0. The fourth-order valence-electron chi connectivity index (χ4n) is 3.12. The van der Waals surface area contributed by atoms with Gasteiger partial charge in [0, 0.05) is 6.42 Å². The van der Waals surface area contributed by atoms with Crippen molar-refractivity contribution in [1.82, 2.24) is 0 Å². The molecule has 4 nitrogen and oxygen atoms in total. The Bertz CT molecular complexity index is 781. The van der Waals surface area contributed by atoms with Crippen LogP contribution >= 0.6 is 0 Å². The van der Waals surface area contributed by atoms with Gasteiger partial charge in [0.15, 0.2) is 0 Å². The first-order valence-corrected chi connectivity index (χ1v) is 8.68. The molecule has 0 bridgehead atoms. The zero-order valence-electron chi connectivity index (χ0n) is 15.6. The molecule has 1 aliphatic rings. The number of esters is 1. The normalized spacial score (nSPS) is 18.5. The summed E-state index contributed by atoms with van der Waals surface area (Å²) in [4.78, 5) is 11.5. The molecule has 3 rings (SSSR count). The number of aryl methyl sites for hydroxylation is 1. The molecule has 0 aliphatic carbocycles. The molecule has 0 radical (unpaired) electrons. The van der Waals surface area contributed by atoms with Crippen LogP contribution < -0.4 is 5.46 Å². The molecule has 25 heavy (non-hydrogen) atoms. The molecular weight excluding hydrogens is 315 g/mol. The molecular formula is C20H25BO4. The van der Waals surface area contributed by atoms with Crippen LogP contribution in [-0.2, 0) is 25.3 Å². The highest BCUT2D eigenvalue weighted by molar-refractivity contribution is 6.65. The number of rotatable bonds is 4. The van der Waals surface area contributed by atoms with Crippen molar-refractivity contribution < 1.29 is 18.8 Å². The third-order valence-corrected chi connectivity index (χ3v) is 5.38. The van der Waals surface area contributed by atoms with Crippen LogP contribution in [0, 0.1) is 0 Å². The van der Waals surface area contributed by atoms with E-state index in [0.29, 0.717) is 12.8 Å². The molecule has 0 aromatic heterocycles. The average Bonchev–Trinajstić information content (AvgIpc) is 2.79. The van der Waals surface area contributed by atoms with E-state index in [1.165, 1.54) is 7.11 Å². The Morgan fingerprint density at radius 2 is 1.60 bits per heavy atom. The number of fused-ring (bicyclic) bond motifs is 1. The van der Waals surface area contributed by atoms with E-state index in [1.54, 1.807) is 0 Å². The lowest BCUT2D eigenvalue weighted by Crippen LogP contribution is -2.41. The molecule has 2 aromatic rings. The summed E-state index contributed by atoms with van der Waals surface area (Å²) < 4.78 is 17.2. The highest BCUT2D eigenvalue weighted by atomic mass is 16.7. The topological polar surface area (TPSA) is 44.8 Å². The van der Waals surface area contributed by atoms with Crippen LogP contribution in [0.25, 0.3) is 10.8 Å². The second-order valence-corrected chi connectivity index (χ2v) is 7.52. The molecule has 0 atom stereocenters. The largest absolute Gasteiger partial charge is 0.495 e. The second kappa shape index (κ2) is 6.47. The molecule has 1 aliphatic heterocycles. The standard InChI is InChI=1S/C20H25BO4/c1-19(2)20(3,4)25-21(24-19)17-12-10-14(11-13-18(22)23-5)15-8-6-7-9-16(15)17/h6-10,12H,11,13H2,1-5H3. The van der Waals surface area contributed by atoms with Gasteiger partial charge in [-0.25, -0.2) is 0 Å². The molecule has 0 amide bonds. The predicted octanol–water partition coefficient (Wildman–Crippen LogP) is 3.24. The van der Waals surface area contributed by atoms with Crippen LogP contribution in [0.4, 0.5) is 0 Å². The number of hydrogen-bond donors (Lipinski definition) is 0. The summed E-state index contributed by atoms with van der Waals surface area (Å²) in [6, 6.07) is 12.3. The van der Waals surface area contributed by atoms with Crippen LogP contribution in [0.1, 0.15) is 39.7 Å². The minimum atomic E-state index is -0.399. The Morgan fingerprint density at radius 3 is 2.20 bits per heavy atom. The van der Waals surface area contributed by atoms with Gasteiger partial charge in [-0.15, -0.1) is 0 Å². The predicted molar refractivity (Wildman–Crippen MR) is 100 cm³/mol. The van der Waals surface area contributed by atoms with Crippen molar-refractivity contribution in [2.75, 3.05) is 7.11 Å². The Labute approximate surface area is 149 Å². The lowest BCUT2D eigenvalue weighted by molar-refractivity contribution is -0.140. The molecule has 1 saturated heterocycles. The van der Waals surface area contributed by atoms with Gasteiger partial charge in [-0.3, -0.25) is 4.79 Å². The zero-order valence-corrected chi connectivity index (χ0v) is 15.6. The Kier molecular flexibility index (Phi) is 4.65. The van der Waals surface area contributed by atoms with E-state index in [0.717, 1.165) is 21.8 Å². The molecule has 5 heteroatoms. The third kappa shape index (κ3) is 3.31. The third-order valence-electron chi connectivity index (χ3n) is 5.38. The molecule has 132 valence electrons. The zero-order chi connectivity index (χ0) is 18.2. The number of carbonyl (C=O) groups is 1. The first-order chi connectivity index (χ1) is 11.7. The first kappa shape index (κ1) is 18.0. The van der Waals surface area contributed by atoms with Crippen LogP contribution in [0.5, 0.6) is 0 Å². The summed E-state index contributed by atoms with van der Waals surface area (Å²) in [7, 11) is 1.02. The van der Waals surface area contributed by atoms with E-state index in [4.69, 9.17) is 14.0 Å². The summed E-state index contributed by atoms with van der Waals surface area (Å²) in [6.45, 7) is 8.22. The Balaban J connectivity index is 1.98. The minimum absolute atomic E-state index is 0.195. The molecule has 0 saturated carbocycles. The smallest absolute Gasteiger partial charge is 0.469 e. The monoisotopic (exact) mass is 340 g/mol. The lowest BCUT2D eigenvalue weighted by atomic mass is 9.75.